The Labute approximate surface area is 396 Å². The molecule has 0 saturated heterocycles. The standard InChI is InChI=1S/C51H63N9O8/c1-33-18-12-14-24-38(33)57-49(66)53-27-17-16-26-40(55-47(64)41(58-50(67)59-51(2,3)4)29-36-31-54-39-25-15-13-23-37(36)39)46(63)56-42(30-44(61)68-32-35-21-10-7-11-22-35)48(65)60(5)43(45(52)62)28-34-19-8-6-9-20-34/h6-15,18-25,31,40-43,54H,16-17,26-30,32H2,1-5H3,(H2,52,62)(H,55,64)(H,56,63)(H2,53,57,66)(H2,58,59,67)/t40-,41-,42-,43-/m0/s1. The van der Waals surface area contributed by atoms with E-state index in [9.17, 15) is 33.6 Å². The minimum atomic E-state index is -1.57. The first-order chi connectivity index (χ1) is 32.5. The van der Waals surface area contributed by atoms with Crippen molar-refractivity contribution >= 4 is 58.3 Å². The predicted octanol–water partition coefficient (Wildman–Crippen LogP) is 5.14. The fourth-order valence-corrected chi connectivity index (χ4v) is 7.46. The second-order valence-electron chi connectivity index (χ2n) is 17.7. The van der Waals surface area contributed by atoms with Crippen molar-refractivity contribution in [3.8, 4) is 0 Å². The molecule has 0 saturated carbocycles. The van der Waals surface area contributed by atoms with Crippen molar-refractivity contribution in [2.24, 2.45) is 5.73 Å². The average molecular weight is 930 g/mol. The van der Waals surface area contributed by atoms with Gasteiger partial charge in [0.1, 0.15) is 30.8 Å². The van der Waals surface area contributed by atoms with Gasteiger partial charge in [0.25, 0.3) is 0 Å². The van der Waals surface area contributed by atoms with E-state index in [1.807, 2.05) is 55.5 Å². The van der Waals surface area contributed by atoms with Crippen LogP contribution in [0.4, 0.5) is 15.3 Å². The fourth-order valence-electron chi connectivity index (χ4n) is 7.46. The van der Waals surface area contributed by atoms with Gasteiger partial charge in [-0.3, -0.25) is 24.0 Å². The van der Waals surface area contributed by atoms with E-state index in [0.29, 0.717) is 24.1 Å². The number of hydrogen-bond donors (Lipinski definition) is 8. The number of likely N-dealkylation sites (N-methyl/N-ethyl adjacent to an activating group) is 1. The predicted molar refractivity (Wildman–Crippen MR) is 260 cm³/mol. The highest BCUT2D eigenvalue weighted by Gasteiger charge is 2.36. The largest absolute Gasteiger partial charge is 0.461 e. The van der Waals surface area contributed by atoms with Crippen LogP contribution in [-0.4, -0.2) is 94.8 Å². The third kappa shape index (κ3) is 16.0. The van der Waals surface area contributed by atoms with Crippen LogP contribution in [0.5, 0.6) is 0 Å². The number of carbonyl (C=O) groups excluding carboxylic acids is 7. The highest BCUT2D eigenvalue weighted by molar-refractivity contribution is 5.97. The Morgan fingerprint density at radius 3 is 2.00 bits per heavy atom. The van der Waals surface area contributed by atoms with Crippen molar-refractivity contribution in [2.75, 3.05) is 18.9 Å². The minimum absolute atomic E-state index is 0.0137. The van der Waals surface area contributed by atoms with Gasteiger partial charge in [0.15, 0.2) is 0 Å². The number of nitrogens with two attached hydrogens (primary N) is 1. The van der Waals surface area contributed by atoms with E-state index in [1.165, 1.54) is 7.05 Å². The topological polar surface area (TPSA) is 246 Å². The van der Waals surface area contributed by atoms with Crippen molar-refractivity contribution in [2.45, 2.75) is 103 Å². The number of nitrogens with one attached hydrogen (secondary N) is 7. The zero-order valence-corrected chi connectivity index (χ0v) is 39.2. The number of H-pyrrole nitrogens is 1. The number of nitrogens with zero attached hydrogens (tertiary/aromatic N) is 1. The lowest BCUT2D eigenvalue weighted by atomic mass is 10.0. The summed E-state index contributed by atoms with van der Waals surface area (Å²) in [6, 6.07) is 26.4. The number of esters is 1. The quantitative estimate of drug-likeness (QED) is 0.0341. The number of unbranched alkanes of at least 4 members (excludes halogenated alkanes) is 1. The van der Waals surface area contributed by atoms with Crippen molar-refractivity contribution in [1.82, 2.24) is 36.5 Å². The number of aromatic amines is 1. The fraction of sp³-hybridized carbons (Fsp3) is 0.353. The summed E-state index contributed by atoms with van der Waals surface area (Å²) in [5.41, 5.74) is 9.69. The molecule has 360 valence electrons. The summed E-state index contributed by atoms with van der Waals surface area (Å²) in [5, 5.41) is 17.5. The molecular weight excluding hydrogens is 867 g/mol. The van der Waals surface area contributed by atoms with Crippen LogP contribution < -0.4 is 37.6 Å². The number of hydrogen-bond acceptors (Lipinski definition) is 8. The van der Waals surface area contributed by atoms with Crippen LogP contribution in [0.2, 0.25) is 0 Å². The number of aryl methyl sites for hydroxylation is 1. The van der Waals surface area contributed by atoms with Crippen molar-refractivity contribution in [3.05, 3.63) is 138 Å². The molecule has 4 aromatic carbocycles. The number of aromatic nitrogens is 1. The number of anilines is 1. The first kappa shape index (κ1) is 51.3. The lowest BCUT2D eigenvalue weighted by Gasteiger charge is -2.31. The number of carbonyl (C=O) groups is 7. The van der Waals surface area contributed by atoms with Crippen LogP contribution in [0.1, 0.15) is 68.7 Å². The molecule has 0 aliphatic heterocycles. The van der Waals surface area contributed by atoms with Gasteiger partial charge in [-0.2, -0.15) is 0 Å². The number of ether oxygens (including phenoxy) is 1. The van der Waals surface area contributed by atoms with Gasteiger partial charge in [-0.15, -0.1) is 0 Å². The summed E-state index contributed by atoms with van der Waals surface area (Å²) < 4.78 is 5.53. The molecule has 68 heavy (non-hydrogen) atoms. The maximum Gasteiger partial charge on any atom is 0.319 e. The van der Waals surface area contributed by atoms with Crippen molar-refractivity contribution in [3.63, 3.8) is 0 Å². The molecule has 8 amide bonds. The molecule has 4 atom stereocenters. The van der Waals surface area contributed by atoms with Gasteiger partial charge in [-0.05, 0) is 81.3 Å². The Hall–Kier alpha value is -7.69. The van der Waals surface area contributed by atoms with E-state index in [2.05, 4.69) is 36.9 Å². The van der Waals surface area contributed by atoms with E-state index < -0.39 is 77.8 Å². The summed E-state index contributed by atoms with van der Waals surface area (Å²) in [4.78, 5) is 100. The Balaban J connectivity index is 1.40. The van der Waals surface area contributed by atoms with Crippen molar-refractivity contribution in [1.29, 1.82) is 0 Å². The smallest absolute Gasteiger partial charge is 0.319 e. The van der Waals surface area contributed by atoms with Crippen LogP contribution in [-0.2, 0) is 48.2 Å². The molecule has 5 rings (SSSR count). The number of primary amides is 1. The molecule has 0 unspecified atom stereocenters. The van der Waals surface area contributed by atoms with Crippen LogP contribution in [0.15, 0.2) is 115 Å². The molecule has 0 aliphatic carbocycles. The third-order valence-corrected chi connectivity index (χ3v) is 11.1. The molecule has 1 heterocycles. The third-order valence-electron chi connectivity index (χ3n) is 11.1. The number of benzene rings is 4. The molecule has 17 nitrogen and oxygen atoms in total. The number of amides is 8. The Kier molecular flexibility index (Phi) is 18.7. The second-order valence-corrected chi connectivity index (χ2v) is 17.7. The van der Waals surface area contributed by atoms with Crippen LogP contribution >= 0.6 is 0 Å². The van der Waals surface area contributed by atoms with E-state index >= 15 is 0 Å². The van der Waals surface area contributed by atoms with Crippen LogP contribution in [0.25, 0.3) is 10.9 Å². The van der Waals surface area contributed by atoms with Gasteiger partial charge >= 0.3 is 18.0 Å². The molecule has 0 aliphatic rings. The number of fused-ring (bicyclic) bond motifs is 1. The Morgan fingerprint density at radius 2 is 1.32 bits per heavy atom. The van der Waals surface area contributed by atoms with Gasteiger partial charge in [0, 0.05) is 54.8 Å². The van der Waals surface area contributed by atoms with E-state index in [-0.39, 0.29) is 32.4 Å². The van der Waals surface area contributed by atoms with Gasteiger partial charge in [0.2, 0.25) is 23.6 Å². The zero-order valence-electron chi connectivity index (χ0n) is 39.2. The summed E-state index contributed by atoms with van der Waals surface area (Å²) >= 11 is 0. The van der Waals surface area contributed by atoms with Crippen LogP contribution in [0, 0.1) is 6.92 Å². The molecule has 0 spiro atoms. The Bertz CT molecular complexity index is 2510. The SMILES string of the molecule is Cc1ccccc1NC(=O)NCCCC[C@H](NC(=O)[C@H](Cc1c[nH]c2ccccc12)NC(=O)NC(C)(C)C)C(=O)N[C@@H](CC(=O)OCc1ccccc1)C(=O)N(C)[C@@H](Cc1ccccc1)C(N)=O. The maximum atomic E-state index is 14.6. The van der Waals surface area contributed by atoms with E-state index in [4.69, 9.17) is 10.5 Å². The highest BCUT2D eigenvalue weighted by Crippen LogP contribution is 2.20. The normalized spacial score (nSPS) is 12.9. The molecular formula is C51H63N9O8. The lowest BCUT2D eigenvalue weighted by Crippen LogP contribution is -2.60. The maximum absolute atomic E-state index is 14.6. The first-order valence-corrected chi connectivity index (χ1v) is 22.6. The lowest BCUT2D eigenvalue weighted by molar-refractivity contribution is -0.150. The van der Waals surface area contributed by atoms with E-state index in [0.717, 1.165) is 32.5 Å². The van der Waals surface area contributed by atoms with Crippen molar-refractivity contribution < 1.29 is 38.3 Å². The molecule has 17 heteroatoms. The number of rotatable bonds is 22. The average Bonchev–Trinajstić information content (AvgIpc) is 3.71. The van der Waals surface area contributed by atoms with Gasteiger partial charge in [0.05, 0.1) is 6.42 Å². The Morgan fingerprint density at radius 1 is 0.706 bits per heavy atom. The monoisotopic (exact) mass is 929 g/mol. The van der Waals surface area contributed by atoms with Crippen LogP contribution in [0.3, 0.4) is 0 Å². The second kappa shape index (κ2) is 24.7. The molecule has 0 fully saturated rings. The molecule has 1 aromatic heterocycles. The number of para-hydroxylation sites is 2. The van der Waals surface area contributed by atoms with Gasteiger partial charge in [-0.25, -0.2) is 9.59 Å². The van der Waals surface area contributed by atoms with Gasteiger partial charge in [-0.1, -0.05) is 97.1 Å². The summed E-state index contributed by atoms with van der Waals surface area (Å²) in [6.07, 6.45) is 1.91. The zero-order chi connectivity index (χ0) is 49.2. The first-order valence-electron chi connectivity index (χ1n) is 22.6. The van der Waals surface area contributed by atoms with E-state index in [1.54, 1.807) is 87.6 Å². The summed E-state index contributed by atoms with van der Waals surface area (Å²) in [5.74, 6) is -3.95. The highest BCUT2D eigenvalue weighted by atomic mass is 16.5. The summed E-state index contributed by atoms with van der Waals surface area (Å²) in [6.45, 7) is 7.37. The molecule has 9 N–H and O–H groups in total. The molecule has 0 radical (unpaired) electrons. The van der Waals surface area contributed by atoms with Gasteiger partial charge < -0.3 is 52.3 Å². The summed E-state index contributed by atoms with van der Waals surface area (Å²) in [7, 11) is 1.36. The molecule has 5 aromatic rings. The molecule has 0 bridgehead atoms. The number of urea groups is 2. The minimum Gasteiger partial charge on any atom is -0.461 e.